The average Bonchev–Trinajstić information content (AvgIpc) is 2.90. The van der Waals surface area contributed by atoms with Crippen molar-refractivity contribution >= 4 is 0 Å². The van der Waals surface area contributed by atoms with Crippen LogP contribution in [-0.2, 0) is 25.8 Å². The summed E-state index contributed by atoms with van der Waals surface area (Å²) in [4.78, 5) is 0. The third-order valence-corrected chi connectivity index (χ3v) is 6.39. The van der Waals surface area contributed by atoms with Crippen LogP contribution in [0.2, 0.25) is 0 Å². The number of allylic oxidation sites excluding steroid dienone is 8. The third kappa shape index (κ3) is 9.20. The summed E-state index contributed by atoms with van der Waals surface area (Å²) in [7, 11) is 0. The van der Waals surface area contributed by atoms with E-state index in [4.69, 9.17) is 0 Å². The molecule has 0 saturated carbocycles. The summed E-state index contributed by atoms with van der Waals surface area (Å²) in [6.45, 7) is 22.5. The zero-order valence-electron chi connectivity index (χ0n) is 20.5. The molecule has 3 heteroatoms. The summed E-state index contributed by atoms with van der Waals surface area (Å²) >= 11 is 0. The van der Waals surface area contributed by atoms with Crippen molar-refractivity contribution in [3.8, 4) is 0 Å². The van der Waals surface area contributed by atoms with Gasteiger partial charge in [0.25, 0.3) is 0 Å². The normalized spacial score (nSPS) is 18.7. The Morgan fingerprint density at radius 1 is 0.621 bits per heavy atom. The van der Waals surface area contributed by atoms with E-state index >= 15 is 0 Å². The summed E-state index contributed by atoms with van der Waals surface area (Å²) in [5.41, 5.74) is 9.27. The van der Waals surface area contributed by atoms with Crippen molar-refractivity contribution in [2.75, 3.05) is 0 Å². The fourth-order valence-electron chi connectivity index (χ4n) is 3.73. The van der Waals surface area contributed by atoms with Gasteiger partial charge in [-0.25, -0.2) is 11.1 Å². The Balaban J connectivity index is -0.000000422. The second-order valence-electron chi connectivity index (χ2n) is 9.16. The van der Waals surface area contributed by atoms with Crippen LogP contribution in [0.15, 0.2) is 33.4 Å². The minimum Gasteiger partial charge on any atom is -1.00 e. The molecule has 0 bridgehead atoms. The smallest absolute Gasteiger partial charge is 1.00 e. The molecule has 29 heavy (non-hydrogen) atoms. The Kier molecular flexibility index (Phi) is 17.0. The monoisotopic (exact) mass is 604 g/mol. The van der Waals surface area contributed by atoms with Crippen molar-refractivity contribution in [1.29, 1.82) is 0 Å². The van der Waals surface area contributed by atoms with E-state index in [2.05, 4.69) is 81.4 Å². The second kappa shape index (κ2) is 14.5. The van der Waals surface area contributed by atoms with Crippen LogP contribution in [0, 0.1) is 23.0 Å². The van der Waals surface area contributed by atoms with Gasteiger partial charge in [0, 0.05) is 0 Å². The molecule has 0 unspecified atom stereocenters. The largest absolute Gasteiger partial charge is 4.00 e. The van der Waals surface area contributed by atoms with E-state index in [0.717, 1.165) is 0 Å². The fraction of sp³-hybridized carbons (Fsp3) is 0.692. The van der Waals surface area contributed by atoms with Crippen molar-refractivity contribution in [3.63, 3.8) is 0 Å². The van der Waals surface area contributed by atoms with Crippen molar-refractivity contribution < 1.29 is 50.7 Å². The Morgan fingerprint density at radius 3 is 1.07 bits per heavy atom. The number of rotatable bonds is 6. The molecule has 0 aromatic heterocycles. The quantitative estimate of drug-likeness (QED) is 0.324. The van der Waals surface area contributed by atoms with E-state index in [1.54, 1.807) is 0 Å². The molecule has 0 saturated heterocycles. The summed E-state index contributed by atoms with van der Waals surface area (Å²) < 4.78 is 0. The van der Waals surface area contributed by atoms with E-state index in [9.17, 15) is 0 Å². The van der Waals surface area contributed by atoms with Gasteiger partial charge in [-0.1, -0.05) is 105 Å². The van der Waals surface area contributed by atoms with Crippen LogP contribution in [-0.4, -0.2) is 0 Å². The SMILES string of the molecule is CCCCC1=[C-]C(C)(C)C(C)=C1C.CCCCC1=[C-]C(C)(C)C(C)=C1C.[Cl-].[Cl-].[Hf+4]. The van der Waals surface area contributed by atoms with E-state index in [1.165, 1.54) is 72.0 Å². The molecule has 0 radical (unpaired) electrons. The predicted octanol–water partition coefficient (Wildman–Crippen LogP) is 2.57. The molecule has 0 atom stereocenters. The van der Waals surface area contributed by atoms with Crippen LogP contribution in [0.4, 0.5) is 0 Å². The van der Waals surface area contributed by atoms with E-state index in [-0.39, 0.29) is 61.5 Å². The number of halogens is 2. The standard InChI is InChI=1S/2C13H21.2ClH.Hf/c2*1-6-7-8-12-9-13(4,5)11(3)10(12)2;;;/h2*6-8H2,1-5H3;2*1H;/q2*-1;;;+4/p-2. The Labute approximate surface area is 213 Å². The molecule has 2 aliphatic carbocycles. The van der Waals surface area contributed by atoms with E-state index in [1.807, 2.05) is 0 Å². The van der Waals surface area contributed by atoms with E-state index < -0.39 is 0 Å². The molecule has 2 aliphatic rings. The molecule has 0 N–H and O–H groups in total. The third-order valence-electron chi connectivity index (χ3n) is 6.39. The molecular weight excluding hydrogens is 562 g/mol. The first kappa shape index (κ1) is 34.0. The van der Waals surface area contributed by atoms with Gasteiger partial charge in [-0.2, -0.15) is 22.3 Å². The molecule has 0 aliphatic heterocycles. The molecule has 0 aromatic carbocycles. The number of unbranched alkanes of at least 4 members (excludes halogenated alkanes) is 2. The van der Waals surface area contributed by atoms with Gasteiger partial charge in [0.05, 0.1) is 0 Å². The number of hydrogen-bond acceptors (Lipinski definition) is 0. The Hall–Kier alpha value is 0.410. The maximum Gasteiger partial charge on any atom is 4.00 e. The summed E-state index contributed by atoms with van der Waals surface area (Å²) in [5, 5.41) is 0. The van der Waals surface area contributed by atoms with E-state index in [0.29, 0.717) is 0 Å². The van der Waals surface area contributed by atoms with Gasteiger partial charge in [-0.3, -0.25) is 12.2 Å². The van der Waals surface area contributed by atoms with Gasteiger partial charge in [0.15, 0.2) is 0 Å². The molecule has 0 nitrogen and oxygen atoms in total. The van der Waals surface area contributed by atoms with Crippen LogP contribution < -0.4 is 24.8 Å². The van der Waals surface area contributed by atoms with Crippen LogP contribution in [0.3, 0.4) is 0 Å². The van der Waals surface area contributed by atoms with Crippen LogP contribution in [0.1, 0.15) is 108 Å². The zero-order chi connectivity index (χ0) is 20.1. The van der Waals surface area contributed by atoms with Crippen molar-refractivity contribution in [3.05, 3.63) is 45.6 Å². The maximum atomic E-state index is 3.61. The van der Waals surface area contributed by atoms with Crippen molar-refractivity contribution in [2.45, 2.75) is 108 Å². The molecule has 0 amide bonds. The van der Waals surface area contributed by atoms with Gasteiger partial charge in [-0.05, 0) is 0 Å². The van der Waals surface area contributed by atoms with Crippen molar-refractivity contribution in [2.24, 2.45) is 10.8 Å². The minimum atomic E-state index is 0. The fourth-order valence-corrected chi connectivity index (χ4v) is 3.73. The van der Waals surface area contributed by atoms with Gasteiger partial charge < -0.3 is 24.8 Å². The minimum absolute atomic E-state index is 0. The summed E-state index contributed by atoms with van der Waals surface area (Å²) in [6.07, 6.45) is 14.8. The van der Waals surface area contributed by atoms with Crippen molar-refractivity contribution in [1.82, 2.24) is 0 Å². The second-order valence-corrected chi connectivity index (χ2v) is 9.16. The zero-order valence-corrected chi connectivity index (χ0v) is 25.6. The first-order valence-corrected chi connectivity index (χ1v) is 10.6. The molecular formula is C26H42Cl2Hf. The summed E-state index contributed by atoms with van der Waals surface area (Å²) in [6, 6.07) is 0. The van der Waals surface area contributed by atoms with Gasteiger partial charge >= 0.3 is 25.8 Å². The summed E-state index contributed by atoms with van der Waals surface area (Å²) in [5.74, 6) is 0. The molecule has 0 heterocycles. The molecule has 164 valence electrons. The Bertz CT molecular complexity index is 575. The van der Waals surface area contributed by atoms with Gasteiger partial charge in [-0.15, -0.1) is 13.8 Å². The molecule has 0 fully saturated rings. The molecule has 0 aromatic rings. The van der Waals surface area contributed by atoms with Crippen LogP contribution in [0.25, 0.3) is 0 Å². The van der Waals surface area contributed by atoms with Crippen LogP contribution >= 0.6 is 0 Å². The van der Waals surface area contributed by atoms with Crippen LogP contribution in [0.5, 0.6) is 0 Å². The first-order valence-electron chi connectivity index (χ1n) is 10.6. The first-order chi connectivity index (χ1) is 12.0. The Morgan fingerprint density at radius 2 is 0.897 bits per heavy atom. The van der Waals surface area contributed by atoms with Gasteiger partial charge in [0.2, 0.25) is 0 Å². The molecule has 2 rings (SSSR count). The molecule has 0 spiro atoms. The average molecular weight is 604 g/mol. The predicted molar refractivity (Wildman–Crippen MR) is 117 cm³/mol. The number of hydrogen-bond donors (Lipinski definition) is 0. The topological polar surface area (TPSA) is 0 Å². The van der Waals surface area contributed by atoms with Gasteiger partial charge in [0.1, 0.15) is 0 Å². The maximum absolute atomic E-state index is 3.61.